The number of nitrogens with one attached hydrogen (secondary N) is 1. The van der Waals surface area contributed by atoms with E-state index in [0.717, 1.165) is 23.8 Å². The molecule has 0 spiro atoms. The second-order valence-corrected chi connectivity index (χ2v) is 4.41. The fourth-order valence-electron chi connectivity index (χ4n) is 1.93. The van der Waals surface area contributed by atoms with E-state index in [2.05, 4.69) is 21.8 Å². The number of aryl methyl sites for hydroxylation is 2. The lowest BCUT2D eigenvalue weighted by molar-refractivity contribution is 0.626. The number of imidazole rings is 1. The second kappa shape index (κ2) is 5.21. The van der Waals surface area contributed by atoms with Crippen LogP contribution in [0, 0.1) is 12.7 Å². The average molecular weight is 247 g/mol. The summed E-state index contributed by atoms with van der Waals surface area (Å²) in [4.78, 5) is 4.44. The molecular formula is C14H18FN3. The predicted molar refractivity (Wildman–Crippen MR) is 71.1 cm³/mol. The van der Waals surface area contributed by atoms with Gasteiger partial charge in [0, 0.05) is 12.7 Å². The summed E-state index contributed by atoms with van der Waals surface area (Å²) in [6, 6.07) is 6.63. The molecule has 0 bridgehead atoms. The van der Waals surface area contributed by atoms with Gasteiger partial charge in [-0.2, -0.15) is 0 Å². The molecule has 0 saturated heterocycles. The summed E-state index contributed by atoms with van der Waals surface area (Å²) < 4.78 is 14.9. The maximum atomic E-state index is 12.9. The van der Waals surface area contributed by atoms with E-state index in [1.807, 2.05) is 20.0 Å². The molecule has 4 heteroatoms. The van der Waals surface area contributed by atoms with Gasteiger partial charge in [0.05, 0.1) is 11.7 Å². The van der Waals surface area contributed by atoms with Gasteiger partial charge in [-0.1, -0.05) is 12.1 Å². The van der Waals surface area contributed by atoms with Crippen LogP contribution in [0.25, 0.3) is 0 Å². The first-order valence-corrected chi connectivity index (χ1v) is 6.16. The van der Waals surface area contributed by atoms with Crippen molar-refractivity contribution in [2.45, 2.75) is 33.4 Å². The van der Waals surface area contributed by atoms with Crippen molar-refractivity contribution in [2.75, 3.05) is 5.32 Å². The van der Waals surface area contributed by atoms with Gasteiger partial charge in [-0.05, 0) is 38.5 Å². The minimum absolute atomic E-state index is 0.0951. The lowest BCUT2D eigenvalue weighted by Crippen LogP contribution is -2.11. The SMILES string of the molecule is CCn1cc(C)nc1NC(C)c1ccc(F)cc1. The lowest BCUT2D eigenvalue weighted by atomic mass is 10.1. The first-order valence-electron chi connectivity index (χ1n) is 6.16. The van der Waals surface area contributed by atoms with Crippen molar-refractivity contribution in [2.24, 2.45) is 0 Å². The van der Waals surface area contributed by atoms with Gasteiger partial charge in [-0.3, -0.25) is 0 Å². The van der Waals surface area contributed by atoms with Crippen molar-refractivity contribution in [1.82, 2.24) is 9.55 Å². The molecule has 0 radical (unpaired) electrons. The summed E-state index contributed by atoms with van der Waals surface area (Å²) in [5.41, 5.74) is 2.03. The van der Waals surface area contributed by atoms with Crippen LogP contribution in [0.2, 0.25) is 0 Å². The van der Waals surface area contributed by atoms with E-state index in [0.29, 0.717) is 0 Å². The molecule has 96 valence electrons. The number of rotatable bonds is 4. The molecule has 0 aliphatic heterocycles. The quantitative estimate of drug-likeness (QED) is 0.895. The van der Waals surface area contributed by atoms with Gasteiger partial charge in [0.2, 0.25) is 5.95 Å². The first-order chi connectivity index (χ1) is 8.60. The predicted octanol–water partition coefficient (Wildman–Crippen LogP) is 3.52. The molecule has 1 aromatic carbocycles. The number of benzene rings is 1. The van der Waals surface area contributed by atoms with Crippen LogP contribution in [0.3, 0.4) is 0 Å². The lowest BCUT2D eigenvalue weighted by Gasteiger charge is -2.15. The summed E-state index contributed by atoms with van der Waals surface area (Å²) in [5.74, 6) is 0.642. The van der Waals surface area contributed by atoms with E-state index < -0.39 is 0 Å². The number of hydrogen-bond donors (Lipinski definition) is 1. The van der Waals surface area contributed by atoms with Crippen LogP contribution in [0.5, 0.6) is 0 Å². The van der Waals surface area contributed by atoms with Crippen molar-refractivity contribution in [3.63, 3.8) is 0 Å². The molecule has 0 aliphatic carbocycles. The summed E-state index contributed by atoms with van der Waals surface area (Å²) in [5, 5.41) is 3.35. The monoisotopic (exact) mass is 247 g/mol. The highest BCUT2D eigenvalue weighted by atomic mass is 19.1. The van der Waals surface area contributed by atoms with E-state index in [4.69, 9.17) is 0 Å². The van der Waals surface area contributed by atoms with Crippen molar-refractivity contribution >= 4 is 5.95 Å². The van der Waals surface area contributed by atoms with Crippen molar-refractivity contribution < 1.29 is 4.39 Å². The maximum Gasteiger partial charge on any atom is 0.203 e. The highest BCUT2D eigenvalue weighted by Crippen LogP contribution is 2.19. The Hall–Kier alpha value is -1.84. The number of aromatic nitrogens is 2. The van der Waals surface area contributed by atoms with Gasteiger partial charge in [0.15, 0.2) is 0 Å². The molecule has 0 fully saturated rings. The van der Waals surface area contributed by atoms with Crippen LogP contribution in [0.15, 0.2) is 30.5 Å². The van der Waals surface area contributed by atoms with Crippen LogP contribution in [0.4, 0.5) is 10.3 Å². The first kappa shape index (κ1) is 12.6. The van der Waals surface area contributed by atoms with E-state index in [9.17, 15) is 4.39 Å². The zero-order valence-corrected chi connectivity index (χ0v) is 10.9. The smallest absolute Gasteiger partial charge is 0.203 e. The zero-order chi connectivity index (χ0) is 13.1. The molecule has 1 aromatic heterocycles. The molecule has 1 heterocycles. The molecular weight excluding hydrogens is 229 g/mol. The molecule has 1 atom stereocenters. The Bertz CT molecular complexity index is 516. The van der Waals surface area contributed by atoms with Gasteiger partial charge < -0.3 is 9.88 Å². The van der Waals surface area contributed by atoms with E-state index in [1.165, 1.54) is 12.1 Å². The van der Waals surface area contributed by atoms with Crippen molar-refractivity contribution in [3.8, 4) is 0 Å². The highest BCUT2D eigenvalue weighted by Gasteiger charge is 2.09. The molecule has 0 saturated carbocycles. The molecule has 2 aromatic rings. The topological polar surface area (TPSA) is 29.9 Å². The van der Waals surface area contributed by atoms with E-state index in [-0.39, 0.29) is 11.9 Å². The number of nitrogens with zero attached hydrogens (tertiary/aromatic N) is 2. The average Bonchev–Trinajstić information content (AvgIpc) is 2.70. The fraction of sp³-hybridized carbons (Fsp3) is 0.357. The summed E-state index contributed by atoms with van der Waals surface area (Å²) >= 11 is 0. The van der Waals surface area contributed by atoms with Gasteiger partial charge in [0.25, 0.3) is 0 Å². The van der Waals surface area contributed by atoms with E-state index >= 15 is 0 Å². The largest absolute Gasteiger partial charge is 0.349 e. The van der Waals surface area contributed by atoms with Gasteiger partial charge in [-0.25, -0.2) is 9.37 Å². The van der Waals surface area contributed by atoms with E-state index in [1.54, 1.807) is 12.1 Å². The molecule has 1 unspecified atom stereocenters. The Kier molecular flexibility index (Phi) is 3.65. The van der Waals surface area contributed by atoms with Crippen molar-refractivity contribution in [1.29, 1.82) is 0 Å². The van der Waals surface area contributed by atoms with Gasteiger partial charge in [-0.15, -0.1) is 0 Å². The van der Waals surface area contributed by atoms with Crippen molar-refractivity contribution in [3.05, 3.63) is 47.5 Å². The molecule has 18 heavy (non-hydrogen) atoms. The molecule has 0 amide bonds. The molecule has 2 rings (SSSR count). The number of hydrogen-bond acceptors (Lipinski definition) is 2. The standard InChI is InChI=1S/C14H18FN3/c1-4-18-9-10(2)16-14(18)17-11(3)12-5-7-13(15)8-6-12/h5-9,11H,4H2,1-3H3,(H,16,17). The number of anilines is 1. The zero-order valence-electron chi connectivity index (χ0n) is 10.9. The summed E-state index contributed by atoms with van der Waals surface area (Å²) in [6.07, 6.45) is 2.01. The Balaban J connectivity index is 2.15. The van der Waals surface area contributed by atoms with Crippen LogP contribution in [0.1, 0.15) is 31.1 Å². The molecule has 0 aliphatic rings. The fourth-order valence-corrected chi connectivity index (χ4v) is 1.93. The van der Waals surface area contributed by atoms with Crippen LogP contribution >= 0.6 is 0 Å². The minimum atomic E-state index is -0.211. The van der Waals surface area contributed by atoms with Crippen LogP contribution < -0.4 is 5.32 Å². The number of halogens is 1. The summed E-state index contributed by atoms with van der Waals surface area (Å²) in [6.45, 7) is 6.96. The normalized spacial score (nSPS) is 12.4. The molecule has 3 nitrogen and oxygen atoms in total. The Morgan fingerprint density at radius 3 is 2.61 bits per heavy atom. The van der Waals surface area contributed by atoms with Gasteiger partial charge >= 0.3 is 0 Å². The van der Waals surface area contributed by atoms with Gasteiger partial charge in [0.1, 0.15) is 5.82 Å². The minimum Gasteiger partial charge on any atom is -0.349 e. The van der Waals surface area contributed by atoms with Crippen LogP contribution in [-0.2, 0) is 6.54 Å². The Labute approximate surface area is 107 Å². The molecule has 1 N–H and O–H groups in total. The Morgan fingerprint density at radius 1 is 1.33 bits per heavy atom. The second-order valence-electron chi connectivity index (χ2n) is 4.41. The third kappa shape index (κ3) is 2.70. The maximum absolute atomic E-state index is 12.9. The van der Waals surface area contributed by atoms with Crippen LogP contribution in [-0.4, -0.2) is 9.55 Å². The third-order valence-corrected chi connectivity index (χ3v) is 2.95. The summed E-state index contributed by atoms with van der Waals surface area (Å²) in [7, 11) is 0. The highest BCUT2D eigenvalue weighted by molar-refractivity contribution is 5.34. The third-order valence-electron chi connectivity index (χ3n) is 2.95. The Morgan fingerprint density at radius 2 is 2.00 bits per heavy atom.